The number of alkyl halides is 3. The van der Waals surface area contributed by atoms with E-state index in [4.69, 9.17) is 5.26 Å². The Hall–Kier alpha value is -2.29. The van der Waals surface area contributed by atoms with Gasteiger partial charge in [0.2, 0.25) is 5.91 Å². The number of halogens is 3. The number of anilines is 1. The van der Waals surface area contributed by atoms with Crippen LogP contribution >= 0.6 is 0 Å². The van der Waals surface area contributed by atoms with Crippen molar-refractivity contribution in [3.05, 3.63) is 42.0 Å². The summed E-state index contributed by atoms with van der Waals surface area (Å²) in [6.45, 7) is 3.74. The zero-order valence-corrected chi connectivity index (χ0v) is 10.4. The molecule has 1 aromatic rings. The molecule has 0 bridgehead atoms. The number of nitrogens with zero attached hydrogens (tertiary/aromatic N) is 2. The van der Waals surface area contributed by atoms with E-state index in [0.717, 1.165) is 11.0 Å². The van der Waals surface area contributed by atoms with Crippen LogP contribution in [0.1, 0.15) is 17.5 Å². The van der Waals surface area contributed by atoms with Gasteiger partial charge in [-0.05, 0) is 18.2 Å². The first-order chi connectivity index (χ1) is 9.36. The van der Waals surface area contributed by atoms with Crippen LogP contribution < -0.4 is 4.90 Å². The van der Waals surface area contributed by atoms with Crippen molar-refractivity contribution in [2.45, 2.75) is 12.6 Å². The molecule has 0 saturated carbocycles. The highest BCUT2D eigenvalue weighted by atomic mass is 19.4. The fourth-order valence-corrected chi connectivity index (χ4v) is 2.19. The maximum Gasteiger partial charge on any atom is 0.418 e. The van der Waals surface area contributed by atoms with Crippen molar-refractivity contribution in [3.63, 3.8) is 0 Å². The lowest BCUT2D eigenvalue weighted by atomic mass is 10.1. The van der Waals surface area contributed by atoms with Gasteiger partial charge >= 0.3 is 6.18 Å². The largest absolute Gasteiger partial charge is 0.418 e. The van der Waals surface area contributed by atoms with Gasteiger partial charge in [-0.1, -0.05) is 6.08 Å². The maximum absolute atomic E-state index is 13.1. The van der Waals surface area contributed by atoms with Gasteiger partial charge in [-0.3, -0.25) is 4.79 Å². The molecule has 1 aliphatic heterocycles. The molecule has 1 aromatic carbocycles. The summed E-state index contributed by atoms with van der Waals surface area (Å²) in [5.41, 5.74) is -1.26. The average Bonchev–Trinajstić information content (AvgIpc) is 2.78. The predicted octanol–water partition coefficient (Wildman–Crippen LogP) is 3.12. The Balaban J connectivity index is 2.49. The molecule has 104 valence electrons. The second-order valence-corrected chi connectivity index (χ2v) is 4.55. The van der Waals surface area contributed by atoms with Gasteiger partial charge in [-0.15, -0.1) is 6.58 Å². The van der Waals surface area contributed by atoms with Crippen LogP contribution in [-0.4, -0.2) is 12.5 Å². The smallest absolute Gasteiger partial charge is 0.311 e. The fourth-order valence-electron chi connectivity index (χ4n) is 2.19. The Bertz CT molecular complexity index is 601. The second-order valence-electron chi connectivity index (χ2n) is 4.55. The summed E-state index contributed by atoms with van der Waals surface area (Å²) in [7, 11) is 0. The lowest BCUT2D eigenvalue weighted by Crippen LogP contribution is -2.27. The zero-order valence-electron chi connectivity index (χ0n) is 10.4. The van der Waals surface area contributed by atoms with E-state index in [1.54, 1.807) is 12.1 Å². The standard InChI is InChI=1S/C14H11F3N2O/c1-2-9-6-13(20)19(8-9)12-4-3-10(7-18)5-11(12)14(15,16)17/h2-5,9H,1,6,8H2. The van der Waals surface area contributed by atoms with Crippen LogP contribution in [0.2, 0.25) is 0 Å². The summed E-state index contributed by atoms with van der Waals surface area (Å²) in [5.74, 6) is -0.524. The Morgan fingerprint density at radius 3 is 2.65 bits per heavy atom. The normalized spacial score (nSPS) is 19.0. The van der Waals surface area contributed by atoms with Crippen LogP contribution in [0.5, 0.6) is 0 Å². The quantitative estimate of drug-likeness (QED) is 0.781. The minimum Gasteiger partial charge on any atom is -0.311 e. The fraction of sp³-hybridized carbons (Fsp3) is 0.286. The van der Waals surface area contributed by atoms with Crippen LogP contribution in [0.4, 0.5) is 18.9 Å². The van der Waals surface area contributed by atoms with Gasteiger partial charge in [0.1, 0.15) is 0 Å². The molecule has 20 heavy (non-hydrogen) atoms. The number of nitriles is 1. The van der Waals surface area contributed by atoms with Crippen molar-refractivity contribution in [2.24, 2.45) is 5.92 Å². The number of carbonyl (C=O) groups is 1. The van der Waals surface area contributed by atoms with E-state index in [1.807, 2.05) is 0 Å². The molecule has 1 heterocycles. The Morgan fingerprint density at radius 2 is 2.15 bits per heavy atom. The number of hydrogen-bond acceptors (Lipinski definition) is 2. The molecule has 1 amide bonds. The predicted molar refractivity (Wildman–Crippen MR) is 66.8 cm³/mol. The van der Waals surface area contributed by atoms with Crippen LogP contribution in [-0.2, 0) is 11.0 Å². The van der Waals surface area contributed by atoms with Crippen LogP contribution in [0.25, 0.3) is 0 Å². The van der Waals surface area contributed by atoms with Crippen LogP contribution in [0, 0.1) is 17.2 Å². The van der Waals surface area contributed by atoms with Crippen molar-refractivity contribution in [3.8, 4) is 6.07 Å². The van der Waals surface area contributed by atoms with E-state index in [-0.39, 0.29) is 36.0 Å². The second kappa shape index (κ2) is 5.00. The summed E-state index contributed by atoms with van der Waals surface area (Å²) >= 11 is 0. The van der Waals surface area contributed by atoms with Crippen molar-refractivity contribution >= 4 is 11.6 Å². The lowest BCUT2D eigenvalue weighted by Gasteiger charge is -2.21. The summed E-state index contributed by atoms with van der Waals surface area (Å²) < 4.78 is 39.2. The third-order valence-corrected chi connectivity index (χ3v) is 3.21. The van der Waals surface area contributed by atoms with E-state index in [1.165, 1.54) is 12.1 Å². The first kappa shape index (κ1) is 14.1. The minimum atomic E-state index is -4.62. The van der Waals surface area contributed by atoms with Gasteiger partial charge in [-0.2, -0.15) is 18.4 Å². The first-order valence-corrected chi connectivity index (χ1v) is 5.91. The summed E-state index contributed by atoms with van der Waals surface area (Å²) in [6.07, 6.45) is -2.90. The van der Waals surface area contributed by atoms with Crippen molar-refractivity contribution in [1.82, 2.24) is 0 Å². The monoisotopic (exact) mass is 280 g/mol. The molecule has 1 atom stereocenters. The van der Waals surface area contributed by atoms with E-state index in [9.17, 15) is 18.0 Å². The first-order valence-electron chi connectivity index (χ1n) is 5.91. The van der Waals surface area contributed by atoms with Gasteiger partial charge in [0.05, 0.1) is 22.9 Å². The van der Waals surface area contributed by atoms with E-state index < -0.39 is 11.7 Å². The molecule has 0 aromatic heterocycles. The molecule has 3 nitrogen and oxygen atoms in total. The maximum atomic E-state index is 13.1. The molecule has 0 spiro atoms. The van der Waals surface area contributed by atoms with Crippen molar-refractivity contribution in [2.75, 3.05) is 11.4 Å². The molecule has 1 unspecified atom stereocenters. The van der Waals surface area contributed by atoms with E-state index >= 15 is 0 Å². The van der Waals surface area contributed by atoms with Crippen molar-refractivity contribution < 1.29 is 18.0 Å². The number of hydrogen-bond donors (Lipinski definition) is 0. The van der Waals surface area contributed by atoms with E-state index in [2.05, 4.69) is 6.58 Å². The number of amides is 1. The summed E-state index contributed by atoms with van der Waals surface area (Å²) in [4.78, 5) is 12.9. The van der Waals surface area contributed by atoms with E-state index in [0.29, 0.717) is 0 Å². The Morgan fingerprint density at radius 1 is 1.45 bits per heavy atom. The Labute approximate surface area is 113 Å². The molecule has 6 heteroatoms. The lowest BCUT2D eigenvalue weighted by molar-refractivity contribution is -0.137. The SMILES string of the molecule is C=CC1CC(=O)N(c2ccc(C#N)cc2C(F)(F)F)C1. The van der Waals surface area contributed by atoms with Crippen LogP contribution in [0.15, 0.2) is 30.9 Å². The van der Waals surface area contributed by atoms with Gasteiger partial charge in [-0.25, -0.2) is 0 Å². The minimum absolute atomic E-state index is 0.0898. The highest BCUT2D eigenvalue weighted by Gasteiger charge is 2.38. The molecule has 1 fully saturated rings. The number of carbonyl (C=O) groups excluding carboxylic acids is 1. The third kappa shape index (κ3) is 2.52. The molecule has 0 radical (unpaired) electrons. The molecule has 2 rings (SSSR count). The van der Waals surface area contributed by atoms with Gasteiger partial charge in [0.15, 0.2) is 0 Å². The van der Waals surface area contributed by atoms with Gasteiger partial charge in [0, 0.05) is 18.9 Å². The van der Waals surface area contributed by atoms with Gasteiger partial charge in [0.25, 0.3) is 0 Å². The molecule has 1 saturated heterocycles. The Kier molecular flexibility index (Phi) is 3.53. The number of rotatable bonds is 2. The van der Waals surface area contributed by atoms with Crippen LogP contribution in [0.3, 0.4) is 0 Å². The molecule has 1 aliphatic rings. The highest BCUT2D eigenvalue weighted by Crippen LogP contribution is 2.39. The zero-order chi connectivity index (χ0) is 14.9. The molecule has 0 N–H and O–H groups in total. The molecule has 0 aliphatic carbocycles. The van der Waals surface area contributed by atoms with Crippen molar-refractivity contribution in [1.29, 1.82) is 5.26 Å². The molecular formula is C14H11F3N2O. The number of benzene rings is 1. The average molecular weight is 280 g/mol. The summed E-state index contributed by atoms with van der Waals surface area (Å²) in [6, 6.07) is 4.88. The highest BCUT2D eigenvalue weighted by molar-refractivity contribution is 5.96. The summed E-state index contributed by atoms with van der Waals surface area (Å²) in [5, 5.41) is 8.70. The topological polar surface area (TPSA) is 44.1 Å². The molecular weight excluding hydrogens is 269 g/mol. The van der Waals surface area contributed by atoms with Gasteiger partial charge < -0.3 is 4.90 Å². The third-order valence-electron chi connectivity index (χ3n) is 3.21.